The van der Waals surface area contributed by atoms with Crippen LogP contribution >= 0.6 is 0 Å². The molecule has 0 aliphatic rings. The number of benzene rings is 1. The fourth-order valence-corrected chi connectivity index (χ4v) is 2.03. The zero-order valence-electron chi connectivity index (χ0n) is 12.3. The highest BCUT2D eigenvalue weighted by Crippen LogP contribution is 2.13. The van der Waals surface area contributed by atoms with Gasteiger partial charge in [0.2, 0.25) is 0 Å². The van der Waals surface area contributed by atoms with Crippen LogP contribution in [0.4, 0.5) is 5.69 Å². The Morgan fingerprint density at radius 2 is 2.17 bits per heavy atom. The van der Waals surface area contributed by atoms with Crippen LogP contribution in [0.15, 0.2) is 49.1 Å². The number of amides is 1. The molecule has 2 N–H and O–H groups in total. The summed E-state index contributed by atoms with van der Waals surface area (Å²) in [6, 6.07) is 8.36. The third kappa shape index (κ3) is 3.34. The SMILES string of the molecule is CC(OC(=O)c1ccc2nc[nH]c2c1)C(=O)Nc1cccnc1. The van der Waals surface area contributed by atoms with Gasteiger partial charge in [-0.1, -0.05) is 0 Å². The summed E-state index contributed by atoms with van der Waals surface area (Å²) in [6.45, 7) is 1.51. The van der Waals surface area contributed by atoms with Crippen molar-refractivity contribution >= 4 is 28.6 Å². The molecule has 116 valence electrons. The van der Waals surface area contributed by atoms with Crippen LogP contribution < -0.4 is 5.32 Å². The number of nitrogens with one attached hydrogen (secondary N) is 2. The number of nitrogens with zero attached hydrogens (tertiary/aromatic N) is 2. The molecule has 1 unspecified atom stereocenters. The summed E-state index contributed by atoms with van der Waals surface area (Å²) >= 11 is 0. The molecular formula is C16H14N4O3. The van der Waals surface area contributed by atoms with E-state index in [0.29, 0.717) is 11.3 Å². The average Bonchev–Trinajstić information content (AvgIpc) is 3.03. The smallest absolute Gasteiger partial charge is 0.338 e. The summed E-state index contributed by atoms with van der Waals surface area (Å²) in [6.07, 6.45) is 3.73. The molecule has 1 atom stereocenters. The highest BCUT2D eigenvalue weighted by atomic mass is 16.5. The van der Waals surface area contributed by atoms with Gasteiger partial charge in [0.15, 0.2) is 6.10 Å². The summed E-state index contributed by atoms with van der Waals surface area (Å²) in [7, 11) is 0. The first-order chi connectivity index (χ1) is 11.1. The molecule has 2 aromatic heterocycles. The molecule has 0 aliphatic heterocycles. The second-order valence-corrected chi connectivity index (χ2v) is 4.91. The molecule has 7 nitrogen and oxygen atoms in total. The number of fused-ring (bicyclic) bond motifs is 1. The molecule has 3 aromatic rings. The number of ether oxygens (including phenoxy) is 1. The maximum atomic E-state index is 12.1. The zero-order chi connectivity index (χ0) is 16.2. The summed E-state index contributed by atoms with van der Waals surface area (Å²) in [4.78, 5) is 35.0. The van der Waals surface area contributed by atoms with Crippen molar-refractivity contribution in [1.82, 2.24) is 15.0 Å². The van der Waals surface area contributed by atoms with E-state index in [0.717, 1.165) is 11.0 Å². The Kier molecular flexibility index (Phi) is 4.01. The maximum Gasteiger partial charge on any atom is 0.338 e. The molecule has 0 saturated carbocycles. The molecule has 0 saturated heterocycles. The van der Waals surface area contributed by atoms with Crippen molar-refractivity contribution in [3.63, 3.8) is 0 Å². The normalized spacial score (nSPS) is 11.9. The molecule has 1 aromatic carbocycles. The van der Waals surface area contributed by atoms with Gasteiger partial charge in [-0.05, 0) is 37.3 Å². The van der Waals surface area contributed by atoms with Crippen LogP contribution in [0.3, 0.4) is 0 Å². The lowest BCUT2D eigenvalue weighted by Crippen LogP contribution is -2.30. The molecule has 0 aliphatic carbocycles. The quantitative estimate of drug-likeness (QED) is 0.720. The van der Waals surface area contributed by atoms with Crippen molar-refractivity contribution in [2.24, 2.45) is 0 Å². The van der Waals surface area contributed by atoms with Crippen molar-refractivity contribution in [2.75, 3.05) is 5.32 Å². The van der Waals surface area contributed by atoms with Gasteiger partial charge in [-0.3, -0.25) is 9.78 Å². The van der Waals surface area contributed by atoms with E-state index in [9.17, 15) is 9.59 Å². The molecule has 0 bridgehead atoms. The number of aromatic nitrogens is 3. The molecule has 3 rings (SSSR count). The van der Waals surface area contributed by atoms with Gasteiger partial charge >= 0.3 is 5.97 Å². The topological polar surface area (TPSA) is 97.0 Å². The Morgan fingerprint density at radius 3 is 2.96 bits per heavy atom. The van der Waals surface area contributed by atoms with Crippen LogP contribution in [0.1, 0.15) is 17.3 Å². The number of aromatic amines is 1. The van der Waals surface area contributed by atoms with Crippen molar-refractivity contribution in [1.29, 1.82) is 0 Å². The summed E-state index contributed by atoms with van der Waals surface area (Å²) < 4.78 is 5.19. The first-order valence-electron chi connectivity index (χ1n) is 6.98. The fraction of sp³-hybridized carbons (Fsp3) is 0.125. The van der Waals surface area contributed by atoms with E-state index in [1.165, 1.54) is 13.1 Å². The van der Waals surface area contributed by atoms with Gasteiger partial charge in [0, 0.05) is 6.20 Å². The fourth-order valence-electron chi connectivity index (χ4n) is 2.03. The Labute approximate surface area is 131 Å². The van der Waals surface area contributed by atoms with E-state index in [2.05, 4.69) is 20.3 Å². The summed E-state index contributed by atoms with van der Waals surface area (Å²) in [5.74, 6) is -0.996. The molecule has 2 heterocycles. The average molecular weight is 310 g/mol. The van der Waals surface area contributed by atoms with Crippen LogP contribution in [-0.4, -0.2) is 32.9 Å². The highest BCUT2D eigenvalue weighted by Gasteiger charge is 2.19. The molecular weight excluding hydrogens is 296 g/mol. The lowest BCUT2D eigenvalue weighted by molar-refractivity contribution is -0.123. The highest BCUT2D eigenvalue weighted by molar-refractivity contribution is 5.98. The van der Waals surface area contributed by atoms with E-state index < -0.39 is 18.0 Å². The van der Waals surface area contributed by atoms with E-state index in [-0.39, 0.29) is 0 Å². The van der Waals surface area contributed by atoms with Crippen LogP contribution in [0.25, 0.3) is 11.0 Å². The minimum atomic E-state index is -0.930. The number of anilines is 1. The number of H-pyrrole nitrogens is 1. The van der Waals surface area contributed by atoms with E-state index >= 15 is 0 Å². The maximum absolute atomic E-state index is 12.1. The van der Waals surface area contributed by atoms with Crippen LogP contribution in [0, 0.1) is 0 Å². The van der Waals surface area contributed by atoms with Gasteiger partial charge in [0.1, 0.15) is 0 Å². The van der Waals surface area contributed by atoms with E-state index in [1.54, 1.807) is 42.9 Å². The van der Waals surface area contributed by atoms with Crippen LogP contribution in [0.2, 0.25) is 0 Å². The molecule has 23 heavy (non-hydrogen) atoms. The van der Waals surface area contributed by atoms with Gasteiger partial charge in [-0.2, -0.15) is 0 Å². The first kappa shape index (κ1) is 14.7. The number of esters is 1. The number of carbonyl (C=O) groups excluding carboxylic acids is 2. The second-order valence-electron chi connectivity index (χ2n) is 4.91. The molecule has 0 spiro atoms. The lowest BCUT2D eigenvalue weighted by atomic mass is 10.2. The van der Waals surface area contributed by atoms with Gasteiger partial charge in [-0.25, -0.2) is 9.78 Å². The number of rotatable bonds is 4. The number of hydrogen-bond acceptors (Lipinski definition) is 5. The predicted molar refractivity (Wildman–Crippen MR) is 83.8 cm³/mol. The molecule has 0 fully saturated rings. The molecule has 1 amide bonds. The minimum absolute atomic E-state index is 0.350. The van der Waals surface area contributed by atoms with E-state index in [4.69, 9.17) is 4.74 Å². The predicted octanol–water partition coefficient (Wildman–Crippen LogP) is 2.14. The Bertz CT molecular complexity index is 845. The van der Waals surface area contributed by atoms with Crippen molar-refractivity contribution in [3.8, 4) is 0 Å². The Balaban J connectivity index is 1.65. The monoisotopic (exact) mass is 310 g/mol. The van der Waals surface area contributed by atoms with E-state index in [1.807, 2.05) is 0 Å². The number of imidazole rings is 1. The standard InChI is InChI=1S/C16H14N4O3/c1-10(15(21)20-12-3-2-6-17-8-12)23-16(22)11-4-5-13-14(7-11)19-9-18-13/h2-10H,1H3,(H,18,19)(H,20,21). The Morgan fingerprint density at radius 1 is 1.30 bits per heavy atom. The van der Waals surface area contributed by atoms with Crippen LogP contribution in [-0.2, 0) is 9.53 Å². The van der Waals surface area contributed by atoms with Gasteiger partial charge in [-0.15, -0.1) is 0 Å². The largest absolute Gasteiger partial charge is 0.449 e. The van der Waals surface area contributed by atoms with Gasteiger partial charge < -0.3 is 15.0 Å². The molecule has 0 radical (unpaired) electrons. The first-order valence-corrected chi connectivity index (χ1v) is 6.98. The molecule has 7 heteroatoms. The number of pyridine rings is 1. The summed E-state index contributed by atoms with van der Waals surface area (Å²) in [5.41, 5.74) is 2.37. The Hall–Kier alpha value is -3.22. The van der Waals surface area contributed by atoms with Crippen molar-refractivity contribution in [2.45, 2.75) is 13.0 Å². The van der Waals surface area contributed by atoms with Gasteiger partial charge in [0.25, 0.3) is 5.91 Å². The lowest BCUT2D eigenvalue weighted by Gasteiger charge is -2.13. The third-order valence-electron chi connectivity index (χ3n) is 3.24. The second kappa shape index (κ2) is 6.27. The number of hydrogen-bond donors (Lipinski definition) is 2. The summed E-state index contributed by atoms with van der Waals surface area (Å²) in [5, 5.41) is 2.63. The minimum Gasteiger partial charge on any atom is -0.449 e. The number of carbonyl (C=O) groups is 2. The van der Waals surface area contributed by atoms with Crippen LogP contribution in [0.5, 0.6) is 0 Å². The zero-order valence-corrected chi connectivity index (χ0v) is 12.3. The van der Waals surface area contributed by atoms with Crippen molar-refractivity contribution in [3.05, 3.63) is 54.6 Å². The van der Waals surface area contributed by atoms with Gasteiger partial charge in [0.05, 0.1) is 34.8 Å². The van der Waals surface area contributed by atoms with Crippen molar-refractivity contribution < 1.29 is 14.3 Å². The third-order valence-corrected chi connectivity index (χ3v) is 3.24.